The number of hydrogen-bond acceptors (Lipinski definition) is 6. The van der Waals surface area contributed by atoms with Crippen molar-refractivity contribution in [2.75, 3.05) is 6.61 Å². The van der Waals surface area contributed by atoms with Gasteiger partial charge in [-0.05, 0) is 117 Å². The molecule has 0 aliphatic heterocycles. The van der Waals surface area contributed by atoms with Gasteiger partial charge >= 0.3 is 11.9 Å². The topological polar surface area (TPSA) is 86.7 Å². The molecule has 10 atom stereocenters. The summed E-state index contributed by atoms with van der Waals surface area (Å²) in [6.07, 6.45) is 10.4. The molecule has 5 rings (SSSR count). The van der Waals surface area contributed by atoms with E-state index in [1.807, 2.05) is 0 Å². The van der Waals surface area contributed by atoms with Crippen molar-refractivity contribution in [3.63, 3.8) is 0 Å². The van der Waals surface area contributed by atoms with Gasteiger partial charge in [0.2, 0.25) is 11.6 Å². The Hall–Kier alpha value is -1.98. The lowest BCUT2D eigenvalue weighted by Crippen LogP contribution is -2.67. The van der Waals surface area contributed by atoms with Crippen molar-refractivity contribution in [2.24, 2.45) is 56.7 Å². The Morgan fingerprint density at radius 1 is 0.705 bits per heavy atom. The second-order valence-electron chi connectivity index (χ2n) is 16.5. The minimum Gasteiger partial charge on any atom is -0.459 e. The molecule has 0 bridgehead atoms. The highest BCUT2D eigenvalue weighted by molar-refractivity contribution is 6.32. The Kier molecular flexibility index (Phi) is 9.94. The zero-order valence-electron chi connectivity index (χ0n) is 27.4. The number of fused-ring (bicyclic) bond motifs is 7. The fourth-order valence-corrected chi connectivity index (χ4v) is 12.2. The predicted octanol–water partition coefficient (Wildman–Crippen LogP) is 8.55. The first-order chi connectivity index (χ1) is 19.4. The fraction of sp³-hybridized carbons (Fsp3) is 0.842. The summed E-state index contributed by atoms with van der Waals surface area (Å²) in [5, 5.41) is 0. The van der Waals surface area contributed by atoms with Gasteiger partial charge in [-0.1, -0.05) is 61.6 Å². The van der Waals surface area contributed by atoms with E-state index in [-0.39, 0.29) is 48.0 Å². The molecule has 0 aromatic carbocycles. The van der Waals surface area contributed by atoms with Crippen LogP contribution in [0.3, 0.4) is 0 Å². The lowest BCUT2D eigenvalue weighted by molar-refractivity contribution is -0.251. The Balaban J connectivity index is 0.00000264. The summed E-state index contributed by atoms with van der Waals surface area (Å²) < 4.78 is 11.5. The van der Waals surface area contributed by atoms with Gasteiger partial charge in [0.25, 0.3) is 0 Å². The minimum atomic E-state index is -0.704. The molecule has 0 saturated heterocycles. The van der Waals surface area contributed by atoms with E-state index in [1.54, 1.807) is 0 Å². The Bertz CT molecular complexity index is 1190. The highest BCUT2D eigenvalue weighted by Gasteiger charge is 2.71. The summed E-state index contributed by atoms with van der Waals surface area (Å²) in [6, 6.07) is 0. The summed E-state index contributed by atoms with van der Waals surface area (Å²) in [4.78, 5) is 48.0. The molecule has 5 aliphatic carbocycles. The fourth-order valence-electron chi connectivity index (χ4n) is 12.2. The summed E-state index contributed by atoms with van der Waals surface area (Å²) in [5.74, 6) is -0.105. The Morgan fingerprint density at radius 3 is 1.93 bits per heavy atom. The van der Waals surface area contributed by atoms with Crippen molar-refractivity contribution in [2.45, 2.75) is 141 Å². The summed E-state index contributed by atoms with van der Waals surface area (Å²) in [6.45, 7) is 21.8. The SMILES string of the molecule is C.C.C=C(C)C1CCC2(COC(=O)C(C)=O)CCC3(C)C(CCC4C5(C)CCC(OC(=O)C(C)=O)C(C)(C)C5CCC43C)C12. The van der Waals surface area contributed by atoms with Crippen LogP contribution in [0, 0.1) is 56.7 Å². The number of ketones is 2. The van der Waals surface area contributed by atoms with E-state index in [9.17, 15) is 19.2 Å². The average Bonchev–Trinajstić information content (AvgIpc) is 3.29. The van der Waals surface area contributed by atoms with Crippen molar-refractivity contribution in [3.8, 4) is 0 Å². The van der Waals surface area contributed by atoms with Gasteiger partial charge in [0.1, 0.15) is 6.10 Å². The lowest BCUT2D eigenvalue weighted by atomic mass is 9.32. The van der Waals surface area contributed by atoms with Crippen LogP contribution in [0.1, 0.15) is 134 Å². The van der Waals surface area contributed by atoms with E-state index >= 15 is 0 Å². The minimum absolute atomic E-state index is 0. The molecule has 0 N–H and O–H groups in total. The van der Waals surface area contributed by atoms with Gasteiger partial charge in [-0.25, -0.2) is 9.59 Å². The van der Waals surface area contributed by atoms with Crippen LogP contribution in [0.15, 0.2) is 12.2 Å². The number of Topliss-reactive ketones (excluding diaryl/α,β-unsaturated/α-hetero) is 2. The normalized spacial score (nSPS) is 43.3. The van der Waals surface area contributed by atoms with Crippen molar-refractivity contribution in [1.29, 1.82) is 0 Å². The zero-order valence-corrected chi connectivity index (χ0v) is 27.4. The first kappa shape index (κ1) is 36.5. The summed E-state index contributed by atoms with van der Waals surface area (Å²) in [7, 11) is 0. The molecule has 0 radical (unpaired) electrons. The second kappa shape index (κ2) is 12.0. The van der Waals surface area contributed by atoms with Crippen LogP contribution in [0.25, 0.3) is 0 Å². The van der Waals surface area contributed by atoms with Gasteiger partial charge < -0.3 is 9.47 Å². The molecular weight excluding hydrogens is 552 g/mol. The third-order valence-corrected chi connectivity index (χ3v) is 14.5. The van der Waals surface area contributed by atoms with Gasteiger partial charge in [0.15, 0.2) is 0 Å². The first-order valence-electron chi connectivity index (χ1n) is 16.5. The Morgan fingerprint density at radius 2 is 1.34 bits per heavy atom. The molecule has 0 heterocycles. The Labute approximate surface area is 267 Å². The number of esters is 2. The maximum Gasteiger partial charge on any atom is 0.374 e. The molecule has 5 aliphatic rings. The van der Waals surface area contributed by atoms with Crippen LogP contribution in [0.4, 0.5) is 0 Å². The molecule has 250 valence electrons. The molecule has 5 fully saturated rings. The molecule has 5 saturated carbocycles. The smallest absolute Gasteiger partial charge is 0.374 e. The quantitative estimate of drug-likeness (QED) is 0.169. The van der Waals surface area contributed by atoms with E-state index in [0.717, 1.165) is 51.4 Å². The van der Waals surface area contributed by atoms with Crippen LogP contribution in [0.5, 0.6) is 0 Å². The highest BCUT2D eigenvalue weighted by Crippen LogP contribution is 2.77. The molecule has 0 spiro atoms. The van der Waals surface area contributed by atoms with Crippen molar-refractivity contribution < 1.29 is 28.7 Å². The van der Waals surface area contributed by atoms with Crippen molar-refractivity contribution in [3.05, 3.63) is 12.2 Å². The van der Waals surface area contributed by atoms with Gasteiger partial charge in [-0.15, -0.1) is 0 Å². The van der Waals surface area contributed by atoms with Crippen LogP contribution in [-0.2, 0) is 28.7 Å². The monoisotopic (exact) mass is 614 g/mol. The van der Waals surface area contributed by atoms with E-state index in [4.69, 9.17) is 9.47 Å². The number of hydrogen-bond donors (Lipinski definition) is 0. The number of ether oxygens (including phenoxy) is 2. The van der Waals surface area contributed by atoms with Gasteiger partial charge in [-0.2, -0.15) is 0 Å². The maximum atomic E-state index is 12.3. The number of allylic oxidation sites excluding steroid dienone is 1. The largest absolute Gasteiger partial charge is 0.459 e. The standard InChI is InChI=1S/C36H54O6.2CH4/c1-21(2)24-12-17-36(20-41-30(39)22(3)37)19-18-34(8)25(29(24)36)10-11-27-33(7)15-14-28(42-31(40)23(4)38)32(5,6)26(33)13-16-35(27,34)9;;/h24-29H,1,10-20H2,2-9H3;2*1H4. The van der Waals surface area contributed by atoms with Crippen LogP contribution < -0.4 is 0 Å². The molecule has 0 amide bonds. The van der Waals surface area contributed by atoms with Crippen molar-refractivity contribution in [1.82, 2.24) is 0 Å². The summed E-state index contributed by atoms with van der Waals surface area (Å²) >= 11 is 0. The third kappa shape index (κ3) is 5.13. The predicted molar refractivity (Wildman–Crippen MR) is 175 cm³/mol. The maximum absolute atomic E-state index is 12.3. The molecule has 6 heteroatoms. The van der Waals surface area contributed by atoms with E-state index < -0.39 is 23.5 Å². The van der Waals surface area contributed by atoms with Gasteiger partial charge in [0, 0.05) is 24.7 Å². The van der Waals surface area contributed by atoms with E-state index in [0.29, 0.717) is 36.2 Å². The van der Waals surface area contributed by atoms with Gasteiger partial charge in [0.05, 0.1) is 6.61 Å². The molecular formula is C38H62O6. The van der Waals surface area contributed by atoms with E-state index in [2.05, 4.69) is 48.1 Å². The molecule has 10 unspecified atom stereocenters. The molecule has 6 nitrogen and oxygen atoms in total. The second-order valence-corrected chi connectivity index (χ2v) is 16.5. The zero-order chi connectivity index (χ0) is 31.0. The van der Waals surface area contributed by atoms with E-state index in [1.165, 1.54) is 32.3 Å². The molecule has 44 heavy (non-hydrogen) atoms. The number of carbonyl (C=O) groups excluding carboxylic acids is 4. The summed E-state index contributed by atoms with van der Waals surface area (Å²) in [5.41, 5.74) is 1.43. The third-order valence-electron chi connectivity index (χ3n) is 14.5. The van der Waals surface area contributed by atoms with Crippen LogP contribution in [0.2, 0.25) is 0 Å². The van der Waals surface area contributed by atoms with Crippen LogP contribution in [-0.4, -0.2) is 36.2 Å². The lowest BCUT2D eigenvalue weighted by Gasteiger charge is -2.73. The van der Waals surface area contributed by atoms with Crippen LogP contribution >= 0.6 is 0 Å². The highest BCUT2D eigenvalue weighted by atomic mass is 16.6. The van der Waals surface area contributed by atoms with Crippen molar-refractivity contribution >= 4 is 23.5 Å². The number of carbonyl (C=O) groups is 4. The number of rotatable bonds is 6. The van der Waals surface area contributed by atoms with Gasteiger partial charge in [-0.3, -0.25) is 9.59 Å². The molecule has 0 aromatic heterocycles. The first-order valence-corrected chi connectivity index (χ1v) is 16.5. The molecule has 0 aromatic rings. The average molecular weight is 615 g/mol.